The summed E-state index contributed by atoms with van der Waals surface area (Å²) in [4.78, 5) is 4.27. The van der Waals surface area contributed by atoms with Crippen LogP contribution in [0, 0.1) is 13.8 Å². The molecule has 0 aliphatic rings. The van der Waals surface area contributed by atoms with E-state index in [1.807, 2.05) is 18.5 Å². The Morgan fingerprint density at radius 3 is 2.64 bits per heavy atom. The molecule has 0 amide bonds. The number of nitrogens with one attached hydrogen (secondary N) is 1. The highest BCUT2D eigenvalue weighted by atomic mass is 15.3. The number of hydrogen-bond acceptors (Lipinski definition) is 3. The zero-order valence-electron chi connectivity index (χ0n) is 9.54. The molecule has 1 rings (SSSR count). The van der Waals surface area contributed by atoms with E-state index in [0.717, 1.165) is 24.7 Å². The first-order valence-corrected chi connectivity index (χ1v) is 5.25. The van der Waals surface area contributed by atoms with E-state index in [-0.39, 0.29) is 0 Å². The van der Waals surface area contributed by atoms with Crippen LogP contribution < -0.4 is 5.32 Å². The van der Waals surface area contributed by atoms with Crippen molar-refractivity contribution in [2.45, 2.75) is 46.7 Å². The summed E-state index contributed by atoms with van der Waals surface area (Å²) in [5.74, 6) is 1.85. The van der Waals surface area contributed by atoms with Gasteiger partial charge in [0.05, 0.1) is 6.54 Å². The molecule has 1 heterocycles. The van der Waals surface area contributed by atoms with Crippen molar-refractivity contribution >= 4 is 0 Å². The Bertz CT molecular complexity index is 280. The van der Waals surface area contributed by atoms with Gasteiger partial charge < -0.3 is 5.32 Å². The van der Waals surface area contributed by atoms with Crippen LogP contribution in [0.25, 0.3) is 0 Å². The zero-order valence-corrected chi connectivity index (χ0v) is 9.54. The molecule has 80 valence electrons. The molecule has 14 heavy (non-hydrogen) atoms. The van der Waals surface area contributed by atoms with Gasteiger partial charge in [0.25, 0.3) is 0 Å². The van der Waals surface area contributed by atoms with Crippen LogP contribution in [0.2, 0.25) is 0 Å². The molecule has 1 N–H and O–H groups in total. The lowest BCUT2D eigenvalue weighted by atomic mass is 10.3. The molecule has 1 aromatic rings. The second kappa shape index (κ2) is 5.10. The highest BCUT2D eigenvalue weighted by Gasteiger charge is 2.06. The first-order chi connectivity index (χ1) is 6.63. The maximum absolute atomic E-state index is 4.32. The predicted octanol–water partition coefficient (Wildman–Crippen LogP) is 1.28. The maximum atomic E-state index is 4.32. The Hall–Kier alpha value is -0.900. The van der Waals surface area contributed by atoms with Crippen LogP contribution in [0.15, 0.2) is 0 Å². The van der Waals surface area contributed by atoms with Crippen molar-refractivity contribution in [3.05, 3.63) is 11.6 Å². The number of hydrogen-bond donors (Lipinski definition) is 1. The summed E-state index contributed by atoms with van der Waals surface area (Å²) in [6.07, 6.45) is 1.17. The van der Waals surface area contributed by atoms with E-state index in [9.17, 15) is 0 Å². The standard InChI is InChI=1S/C10H20N4/c1-5-6-11-8(2)7-14-10(4)12-9(3)13-14/h8,11H,5-7H2,1-4H3. The van der Waals surface area contributed by atoms with E-state index in [4.69, 9.17) is 0 Å². The van der Waals surface area contributed by atoms with Crippen LogP contribution >= 0.6 is 0 Å². The Kier molecular flexibility index (Phi) is 4.07. The summed E-state index contributed by atoms with van der Waals surface area (Å²) in [5, 5.41) is 7.75. The molecule has 1 unspecified atom stereocenters. The first kappa shape index (κ1) is 11.2. The topological polar surface area (TPSA) is 42.7 Å². The molecule has 0 aliphatic carbocycles. The SMILES string of the molecule is CCCNC(C)Cn1nc(C)nc1C. The van der Waals surface area contributed by atoms with Crippen molar-refractivity contribution in [3.8, 4) is 0 Å². The fraction of sp³-hybridized carbons (Fsp3) is 0.800. The summed E-state index contributed by atoms with van der Waals surface area (Å²) >= 11 is 0. The van der Waals surface area contributed by atoms with Crippen molar-refractivity contribution < 1.29 is 0 Å². The quantitative estimate of drug-likeness (QED) is 0.771. The van der Waals surface area contributed by atoms with E-state index in [1.54, 1.807) is 0 Å². The van der Waals surface area contributed by atoms with Gasteiger partial charge in [-0.05, 0) is 33.7 Å². The Balaban J connectivity index is 2.47. The maximum Gasteiger partial charge on any atom is 0.147 e. The molecule has 0 saturated carbocycles. The summed E-state index contributed by atoms with van der Waals surface area (Å²) in [6.45, 7) is 10.2. The third-order valence-electron chi connectivity index (χ3n) is 2.15. The molecule has 0 aromatic carbocycles. The van der Waals surface area contributed by atoms with Crippen LogP contribution in [0.1, 0.15) is 31.9 Å². The number of rotatable bonds is 5. The average molecular weight is 196 g/mol. The molecule has 1 aromatic heterocycles. The van der Waals surface area contributed by atoms with E-state index in [1.165, 1.54) is 6.42 Å². The Morgan fingerprint density at radius 1 is 1.43 bits per heavy atom. The molecular formula is C10H20N4. The van der Waals surface area contributed by atoms with Crippen LogP contribution in [0.4, 0.5) is 0 Å². The van der Waals surface area contributed by atoms with Gasteiger partial charge in [-0.2, -0.15) is 5.10 Å². The molecule has 0 aliphatic heterocycles. The average Bonchev–Trinajstić information content (AvgIpc) is 2.42. The summed E-state index contributed by atoms with van der Waals surface area (Å²) < 4.78 is 1.96. The van der Waals surface area contributed by atoms with Gasteiger partial charge in [0.15, 0.2) is 0 Å². The Labute approximate surface area is 85.7 Å². The minimum Gasteiger partial charge on any atom is -0.312 e. The van der Waals surface area contributed by atoms with Gasteiger partial charge in [-0.1, -0.05) is 6.92 Å². The lowest BCUT2D eigenvalue weighted by Gasteiger charge is -2.13. The molecule has 0 radical (unpaired) electrons. The molecule has 1 atom stereocenters. The molecule has 4 heteroatoms. The van der Waals surface area contributed by atoms with Crippen molar-refractivity contribution in [2.75, 3.05) is 6.54 Å². The molecule has 0 saturated heterocycles. The number of aromatic nitrogens is 3. The van der Waals surface area contributed by atoms with E-state index in [0.29, 0.717) is 6.04 Å². The van der Waals surface area contributed by atoms with Crippen LogP contribution in [-0.2, 0) is 6.54 Å². The Morgan fingerprint density at radius 2 is 2.14 bits per heavy atom. The van der Waals surface area contributed by atoms with Crippen molar-refractivity contribution in [2.24, 2.45) is 0 Å². The highest BCUT2D eigenvalue weighted by Crippen LogP contribution is 1.97. The molecule has 0 fully saturated rings. The summed E-state index contributed by atoms with van der Waals surface area (Å²) in [5.41, 5.74) is 0. The second-order valence-corrected chi connectivity index (χ2v) is 3.74. The van der Waals surface area contributed by atoms with Crippen molar-refractivity contribution in [1.29, 1.82) is 0 Å². The fourth-order valence-electron chi connectivity index (χ4n) is 1.45. The third kappa shape index (κ3) is 3.10. The fourth-order valence-corrected chi connectivity index (χ4v) is 1.45. The molecule has 0 bridgehead atoms. The van der Waals surface area contributed by atoms with Gasteiger partial charge >= 0.3 is 0 Å². The molecule has 4 nitrogen and oxygen atoms in total. The van der Waals surface area contributed by atoms with Gasteiger partial charge in [-0.15, -0.1) is 0 Å². The van der Waals surface area contributed by atoms with Crippen LogP contribution in [-0.4, -0.2) is 27.4 Å². The van der Waals surface area contributed by atoms with Gasteiger partial charge in [0.2, 0.25) is 0 Å². The van der Waals surface area contributed by atoms with E-state index in [2.05, 4.69) is 29.2 Å². The third-order valence-corrected chi connectivity index (χ3v) is 2.15. The van der Waals surface area contributed by atoms with Gasteiger partial charge in [-0.3, -0.25) is 0 Å². The van der Waals surface area contributed by atoms with Crippen LogP contribution in [0.3, 0.4) is 0 Å². The van der Waals surface area contributed by atoms with Gasteiger partial charge in [0, 0.05) is 6.04 Å². The van der Waals surface area contributed by atoms with Crippen molar-refractivity contribution in [1.82, 2.24) is 20.1 Å². The number of aryl methyl sites for hydroxylation is 2. The first-order valence-electron chi connectivity index (χ1n) is 5.25. The van der Waals surface area contributed by atoms with Crippen molar-refractivity contribution in [3.63, 3.8) is 0 Å². The normalized spacial score (nSPS) is 13.1. The largest absolute Gasteiger partial charge is 0.312 e. The lowest BCUT2D eigenvalue weighted by molar-refractivity contribution is 0.444. The smallest absolute Gasteiger partial charge is 0.147 e. The summed E-state index contributed by atoms with van der Waals surface area (Å²) in [7, 11) is 0. The molecular weight excluding hydrogens is 176 g/mol. The summed E-state index contributed by atoms with van der Waals surface area (Å²) in [6, 6.07) is 0.453. The zero-order chi connectivity index (χ0) is 10.6. The van der Waals surface area contributed by atoms with E-state index >= 15 is 0 Å². The van der Waals surface area contributed by atoms with Crippen LogP contribution in [0.5, 0.6) is 0 Å². The highest BCUT2D eigenvalue weighted by molar-refractivity contribution is 4.88. The minimum absolute atomic E-state index is 0.453. The number of nitrogens with zero attached hydrogens (tertiary/aromatic N) is 3. The molecule has 0 spiro atoms. The van der Waals surface area contributed by atoms with Gasteiger partial charge in [0.1, 0.15) is 11.6 Å². The monoisotopic (exact) mass is 196 g/mol. The predicted molar refractivity (Wildman–Crippen MR) is 57.3 cm³/mol. The lowest BCUT2D eigenvalue weighted by Crippen LogP contribution is -2.31. The minimum atomic E-state index is 0.453. The van der Waals surface area contributed by atoms with E-state index < -0.39 is 0 Å². The van der Waals surface area contributed by atoms with Gasteiger partial charge in [-0.25, -0.2) is 9.67 Å². The second-order valence-electron chi connectivity index (χ2n) is 3.74.